The van der Waals surface area contributed by atoms with Crippen LogP contribution in [0.3, 0.4) is 0 Å². The van der Waals surface area contributed by atoms with Crippen LogP contribution in [0, 0.1) is 6.92 Å². The SMILES string of the molecule is CCC[CH2][Sn]([CH2]CCC)([CH2]CCC)[c]1nnn(-c2ccccc2C(C)C)c1C. The second-order valence-electron chi connectivity index (χ2n) is 8.74. The van der Waals surface area contributed by atoms with Crippen molar-refractivity contribution in [2.75, 3.05) is 0 Å². The fraction of sp³-hybridized carbons (Fsp3) is 0.667. The van der Waals surface area contributed by atoms with Crippen LogP contribution in [0.15, 0.2) is 24.3 Å². The molecule has 0 amide bonds. The van der Waals surface area contributed by atoms with Gasteiger partial charge in [0.2, 0.25) is 0 Å². The molecular formula is C24H41N3Sn. The van der Waals surface area contributed by atoms with E-state index >= 15 is 0 Å². The summed E-state index contributed by atoms with van der Waals surface area (Å²) in [6.07, 6.45) is 7.95. The molecule has 0 atom stereocenters. The minimum atomic E-state index is -2.56. The molecule has 1 heterocycles. The van der Waals surface area contributed by atoms with Crippen molar-refractivity contribution >= 4 is 22.1 Å². The third kappa shape index (κ3) is 5.40. The maximum atomic E-state index is 4.93. The summed E-state index contributed by atoms with van der Waals surface area (Å²) in [5.41, 5.74) is 3.90. The predicted octanol–water partition coefficient (Wildman–Crippen LogP) is 6.76. The van der Waals surface area contributed by atoms with Gasteiger partial charge in [-0.2, -0.15) is 0 Å². The molecule has 0 radical (unpaired) electrons. The number of para-hydroxylation sites is 1. The van der Waals surface area contributed by atoms with E-state index < -0.39 is 18.4 Å². The van der Waals surface area contributed by atoms with Crippen molar-refractivity contribution in [1.82, 2.24) is 15.0 Å². The summed E-state index contributed by atoms with van der Waals surface area (Å²) in [5.74, 6) is 0.483. The Labute approximate surface area is 177 Å². The summed E-state index contributed by atoms with van der Waals surface area (Å²) in [6, 6.07) is 8.72. The van der Waals surface area contributed by atoms with Crippen molar-refractivity contribution in [3.63, 3.8) is 0 Å². The summed E-state index contributed by atoms with van der Waals surface area (Å²) >= 11 is -2.56. The summed E-state index contributed by atoms with van der Waals surface area (Å²) in [5, 5.41) is 9.67. The molecule has 0 N–H and O–H groups in total. The quantitative estimate of drug-likeness (QED) is 0.308. The van der Waals surface area contributed by atoms with E-state index in [2.05, 4.69) is 70.5 Å². The molecule has 1 aromatic carbocycles. The fourth-order valence-corrected chi connectivity index (χ4v) is 20.7. The first-order valence-electron chi connectivity index (χ1n) is 11.5. The van der Waals surface area contributed by atoms with Crippen LogP contribution in [-0.2, 0) is 0 Å². The van der Waals surface area contributed by atoms with Gasteiger partial charge in [0.05, 0.1) is 0 Å². The Morgan fingerprint density at radius 2 is 1.43 bits per heavy atom. The number of aromatic nitrogens is 3. The molecule has 0 unspecified atom stereocenters. The van der Waals surface area contributed by atoms with E-state index in [-0.39, 0.29) is 0 Å². The molecule has 0 saturated heterocycles. The van der Waals surface area contributed by atoms with Crippen molar-refractivity contribution in [1.29, 1.82) is 0 Å². The monoisotopic (exact) mass is 491 g/mol. The average Bonchev–Trinajstić information content (AvgIpc) is 3.09. The molecule has 0 aliphatic carbocycles. The first-order valence-corrected chi connectivity index (χ1v) is 19.0. The van der Waals surface area contributed by atoms with Crippen molar-refractivity contribution in [3.05, 3.63) is 35.5 Å². The second-order valence-corrected chi connectivity index (χ2v) is 21.7. The number of benzene rings is 1. The standard InChI is InChI=1S/C12H14N3.3C4H9.Sn/c1-9(2)11-6-4-5-7-12(11)15-10(3)8-13-14-15;3*1-3-4-2;/h4-7,9H,1-3H3;3*1,3-4H2,2H3;. The van der Waals surface area contributed by atoms with Crippen LogP contribution in [0.1, 0.15) is 90.3 Å². The summed E-state index contributed by atoms with van der Waals surface area (Å²) in [6.45, 7) is 13.8. The van der Waals surface area contributed by atoms with Crippen LogP contribution in [0.4, 0.5) is 0 Å². The van der Waals surface area contributed by atoms with Crippen LogP contribution >= 0.6 is 0 Å². The first-order chi connectivity index (χ1) is 13.5. The van der Waals surface area contributed by atoms with Crippen LogP contribution in [0.2, 0.25) is 13.3 Å². The van der Waals surface area contributed by atoms with Gasteiger partial charge in [-0.3, -0.25) is 0 Å². The number of rotatable bonds is 12. The number of hydrogen-bond acceptors (Lipinski definition) is 2. The molecule has 1 aromatic heterocycles. The van der Waals surface area contributed by atoms with E-state index in [0.717, 1.165) is 0 Å². The summed E-state index contributed by atoms with van der Waals surface area (Å²) in [7, 11) is 0. The molecule has 0 fully saturated rings. The van der Waals surface area contributed by atoms with Crippen LogP contribution in [0.5, 0.6) is 0 Å². The molecule has 0 aliphatic rings. The van der Waals surface area contributed by atoms with E-state index in [4.69, 9.17) is 10.3 Å². The molecule has 4 heteroatoms. The zero-order valence-corrected chi connectivity index (χ0v) is 21.9. The molecule has 0 spiro atoms. The maximum absolute atomic E-state index is 4.93. The third-order valence-corrected chi connectivity index (χ3v) is 21.6. The third-order valence-electron chi connectivity index (χ3n) is 6.21. The Balaban J connectivity index is 2.53. The van der Waals surface area contributed by atoms with E-state index in [1.165, 1.54) is 72.5 Å². The van der Waals surface area contributed by atoms with Gasteiger partial charge in [0.15, 0.2) is 0 Å². The van der Waals surface area contributed by atoms with Gasteiger partial charge in [-0.25, -0.2) is 0 Å². The topological polar surface area (TPSA) is 30.7 Å². The molecule has 3 nitrogen and oxygen atoms in total. The van der Waals surface area contributed by atoms with Crippen molar-refractivity contribution < 1.29 is 0 Å². The van der Waals surface area contributed by atoms with E-state index in [1.54, 1.807) is 0 Å². The Morgan fingerprint density at radius 1 is 0.893 bits per heavy atom. The van der Waals surface area contributed by atoms with Crippen LogP contribution < -0.4 is 3.71 Å². The van der Waals surface area contributed by atoms with Gasteiger partial charge >= 0.3 is 178 Å². The van der Waals surface area contributed by atoms with Crippen molar-refractivity contribution in [2.24, 2.45) is 0 Å². The number of hydrogen-bond donors (Lipinski definition) is 0. The Hall–Kier alpha value is -0.841. The van der Waals surface area contributed by atoms with E-state index in [0.29, 0.717) is 5.92 Å². The predicted molar refractivity (Wildman–Crippen MR) is 125 cm³/mol. The van der Waals surface area contributed by atoms with Crippen LogP contribution in [-0.4, -0.2) is 33.4 Å². The van der Waals surface area contributed by atoms with Gasteiger partial charge in [-0.15, -0.1) is 0 Å². The van der Waals surface area contributed by atoms with Gasteiger partial charge in [0.1, 0.15) is 0 Å². The van der Waals surface area contributed by atoms with Crippen LogP contribution in [0.25, 0.3) is 5.69 Å². The Kier molecular flexibility index (Phi) is 9.52. The van der Waals surface area contributed by atoms with Crippen molar-refractivity contribution in [2.45, 2.75) is 99.3 Å². The fourth-order valence-electron chi connectivity index (χ4n) is 4.49. The molecule has 2 aromatic rings. The molecule has 0 aliphatic heterocycles. The zero-order chi connectivity index (χ0) is 20.6. The molecule has 2 rings (SSSR count). The summed E-state index contributed by atoms with van der Waals surface area (Å²) in [4.78, 5) is 0. The summed E-state index contributed by atoms with van der Waals surface area (Å²) < 4.78 is 7.94. The Bertz CT molecular complexity index is 699. The average molecular weight is 490 g/mol. The molecule has 156 valence electrons. The van der Waals surface area contributed by atoms with Gasteiger partial charge in [-0.1, -0.05) is 0 Å². The first kappa shape index (κ1) is 23.4. The zero-order valence-electron chi connectivity index (χ0n) is 19.1. The van der Waals surface area contributed by atoms with Gasteiger partial charge in [0, 0.05) is 0 Å². The van der Waals surface area contributed by atoms with Crippen molar-refractivity contribution in [3.8, 4) is 5.69 Å². The number of unbranched alkanes of at least 4 members (excludes halogenated alkanes) is 3. The molecule has 0 bridgehead atoms. The second kappa shape index (κ2) is 11.4. The molecule has 0 saturated carbocycles. The molecule has 28 heavy (non-hydrogen) atoms. The van der Waals surface area contributed by atoms with Gasteiger partial charge < -0.3 is 0 Å². The Morgan fingerprint density at radius 3 is 1.93 bits per heavy atom. The van der Waals surface area contributed by atoms with E-state index in [9.17, 15) is 0 Å². The van der Waals surface area contributed by atoms with Gasteiger partial charge in [0.25, 0.3) is 0 Å². The van der Waals surface area contributed by atoms with Gasteiger partial charge in [-0.05, 0) is 0 Å². The molecular weight excluding hydrogens is 449 g/mol. The number of nitrogens with zero attached hydrogens (tertiary/aromatic N) is 3. The minimum absolute atomic E-state index is 0.483. The normalized spacial score (nSPS) is 12.1. The van der Waals surface area contributed by atoms with E-state index in [1.807, 2.05) is 0 Å².